The third-order valence-electron chi connectivity index (χ3n) is 5.61. The monoisotopic (exact) mass is 474 g/mol. The summed E-state index contributed by atoms with van der Waals surface area (Å²) < 4.78 is 4.41. The summed E-state index contributed by atoms with van der Waals surface area (Å²) in [6.45, 7) is 6.83. The van der Waals surface area contributed by atoms with Crippen LogP contribution in [0.25, 0.3) is 22.6 Å². The van der Waals surface area contributed by atoms with E-state index in [1.54, 1.807) is 35.3 Å². The molecule has 2 N–H and O–H groups in total. The molecule has 0 radical (unpaired) electrons. The number of H-pyrrole nitrogens is 1. The number of carbonyl (C=O) groups is 1. The molecule has 0 fully saturated rings. The molecule has 0 aliphatic carbocycles. The van der Waals surface area contributed by atoms with E-state index in [4.69, 9.17) is 0 Å². The second kappa shape index (κ2) is 9.85. The van der Waals surface area contributed by atoms with Crippen LogP contribution < -0.4 is 11.2 Å². The highest BCUT2D eigenvalue weighted by molar-refractivity contribution is 5.88. The van der Waals surface area contributed by atoms with Gasteiger partial charge in [-0.1, -0.05) is 31.8 Å². The second-order valence-corrected chi connectivity index (χ2v) is 8.24. The van der Waals surface area contributed by atoms with Crippen LogP contribution in [0.15, 0.2) is 40.2 Å². The van der Waals surface area contributed by atoms with Gasteiger partial charge in [-0.05, 0) is 37.5 Å². The summed E-state index contributed by atoms with van der Waals surface area (Å²) in [6.07, 6.45) is 4.76. The highest BCUT2D eigenvalue weighted by Crippen LogP contribution is 2.18. The third-order valence-corrected chi connectivity index (χ3v) is 5.61. The zero-order valence-electron chi connectivity index (χ0n) is 19.8. The first-order chi connectivity index (χ1) is 16.8. The first-order valence-corrected chi connectivity index (χ1v) is 11.4. The van der Waals surface area contributed by atoms with Crippen molar-refractivity contribution < 1.29 is 9.90 Å². The number of aryl methyl sites for hydroxylation is 2. The SMILES string of the molecule is CCCn1c(=O)c2[nH]c(-c3cnn(CC#Cc4cc(C(=O)O)ccc4C)c3)nc2n(CCC)c1=O. The van der Waals surface area contributed by atoms with Crippen molar-refractivity contribution in [3.8, 4) is 23.2 Å². The quantitative estimate of drug-likeness (QED) is 0.396. The molecule has 0 saturated heterocycles. The standard InChI is InChI=1S/C25H26N6O4/c1-4-10-30-22-20(23(32)31(11-5-2)25(30)35)27-21(28-22)19-14-26-29(15-19)12-6-7-17-13-18(24(33)34)9-8-16(17)3/h8-9,13-15H,4-5,10-12H2,1-3H3,(H,27,28)(H,33,34). The summed E-state index contributed by atoms with van der Waals surface area (Å²) in [5.41, 5.74) is 2.28. The van der Waals surface area contributed by atoms with E-state index in [0.717, 1.165) is 12.0 Å². The largest absolute Gasteiger partial charge is 0.478 e. The Morgan fingerprint density at radius 1 is 1.14 bits per heavy atom. The molecule has 0 aliphatic heterocycles. The Kier molecular flexibility index (Phi) is 6.68. The summed E-state index contributed by atoms with van der Waals surface area (Å²) in [5.74, 6) is 5.45. The Labute approximate surface area is 200 Å². The van der Waals surface area contributed by atoms with Crippen LogP contribution in [0, 0.1) is 18.8 Å². The number of fused-ring (bicyclic) bond motifs is 1. The lowest BCUT2D eigenvalue weighted by atomic mass is 10.1. The molecule has 0 atom stereocenters. The van der Waals surface area contributed by atoms with E-state index in [-0.39, 0.29) is 23.4 Å². The highest BCUT2D eigenvalue weighted by atomic mass is 16.4. The van der Waals surface area contributed by atoms with Gasteiger partial charge in [-0.25, -0.2) is 14.6 Å². The van der Waals surface area contributed by atoms with Crippen molar-refractivity contribution in [2.24, 2.45) is 0 Å². The van der Waals surface area contributed by atoms with Crippen LogP contribution in [0.2, 0.25) is 0 Å². The van der Waals surface area contributed by atoms with Crippen LogP contribution in [0.4, 0.5) is 0 Å². The Bertz CT molecular complexity index is 1590. The smallest absolute Gasteiger partial charge is 0.335 e. The average Bonchev–Trinajstić information content (AvgIpc) is 3.48. The lowest BCUT2D eigenvalue weighted by Crippen LogP contribution is -2.40. The summed E-state index contributed by atoms with van der Waals surface area (Å²) in [5, 5.41) is 13.5. The Balaban J connectivity index is 1.65. The van der Waals surface area contributed by atoms with Gasteiger partial charge in [-0.3, -0.25) is 18.6 Å². The Hall–Kier alpha value is -4.39. The van der Waals surface area contributed by atoms with E-state index in [1.165, 1.54) is 9.13 Å². The number of aromatic amines is 1. The topological polar surface area (TPSA) is 128 Å². The molecule has 3 aromatic heterocycles. The minimum Gasteiger partial charge on any atom is -0.478 e. The van der Waals surface area contributed by atoms with Crippen molar-refractivity contribution in [1.29, 1.82) is 0 Å². The molecular weight excluding hydrogens is 448 g/mol. The minimum absolute atomic E-state index is 0.186. The van der Waals surface area contributed by atoms with E-state index in [2.05, 4.69) is 26.9 Å². The lowest BCUT2D eigenvalue weighted by molar-refractivity contribution is 0.0697. The summed E-state index contributed by atoms with van der Waals surface area (Å²) >= 11 is 0. The van der Waals surface area contributed by atoms with Gasteiger partial charge in [-0.15, -0.1) is 0 Å². The number of hydrogen-bond donors (Lipinski definition) is 2. The highest BCUT2D eigenvalue weighted by Gasteiger charge is 2.18. The molecule has 0 unspecified atom stereocenters. The van der Waals surface area contributed by atoms with E-state index in [1.807, 2.05) is 20.8 Å². The molecule has 4 aromatic rings. The van der Waals surface area contributed by atoms with Crippen molar-refractivity contribution in [2.45, 2.75) is 53.2 Å². The molecule has 0 aliphatic rings. The lowest BCUT2D eigenvalue weighted by Gasteiger charge is -2.09. The fourth-order valence-corrected chi connectivity index (χ4v) is 3.83. The molecule has 10 nitrogen and oxygen atoms in total. The van der Waals surface area contributed by atoms with Gasteiger partial charge in [0, 0.05) is 24.8 Å². The van der Waals surface area contributed by atoms with Gasteiger partial charge < -0.3 is 10.1 Å². The number of aromatic carboxylic acids is 1. The number of carboxylic acids is 1. The van der Waals surface area contributed by atoms with Crippen LogP contribution in [0.3, 0.4) is 0 Å². The van der Waals surface area contributed by atoms with Gasteiger partial charge in [0.05, 0.1) is 17.3 Å². The van der Waals surface area contributed by atoms with Crippen molar-refractivity contribution in [1.82, 2.24) is 28.9 Å². The maximum Gasteiger partial charge on any atom is 0.335 e. The molecule has 10 heteroatoms. The zero-order chi connectivity index (χ0) is 25.1. The number of imidazole rings is 1. The van der Waals surface area contributed by atoms with Crippen LogP contribution in [0.1, 0.15) is 48.2 Å². The van der Waals surface area contributed by atoms with Crippen LogP contribution in [0.5, 0.6) is 0 Å². The van der Waals surface area contributed by atoms with Crippen molar-refractivity contribution >= 4 is 17.1 Å². The zero-order valence-corrected chi connectivity index (χ0v) is 19.8. The van der Waals surface area contributed by atoms with Crippen molar-refractivity contribution in [3.05, 3.63) is 68.1 Å². The average molecular weight is 475 g/mol. The molecule has 0 amide bonds. The molecule has 0 bridgehead atoms. The van der Waals surface area contributed by atoms with Gasteiger partial charge in [0.1, 0.15) is 17.9 Å². The maximum atomic E-state index is 12.9. The third kappa shape index (κ3) is 4.66. The van der Waals surface area contributed by atoms with Crippen molar-refractivity contribution in [3.63, 3.8) is 0 Å². The van der Waals surface area contributed by atoms with Gasteiger partial charge >= 0.3 is 11.7 Å². The van der Waals surface area contributed by atoms with Gasteiger partial charge in [0.2, 0.25) is 0 Å². The maximum absolute atomic E-state index is 12.9. The van der Waals surface area contributed by atoms with E-state index < -0.39 is 5.97 Å². The first-order valence-electron chi connectivity index (χ1n) is 11.4. The molecule has 0 saturated carbocycles. The predicted molar refractivity (Wildman–Crippen MR) is 131 cm³/mol. The summed E-state index contributed by atoms with van der Waals surface area (Å²) in [6, 6.07) is 4.83. The van der Waals surface area contributed by atoms with Crippen LogP contribution >= 0.6 is 0 Å². The number of nitrogens with one attached hydrogen (secondary N) is 1. The molecule has 180 valence electrons. The number of carboxylic acid groups (broad SMARTS) is 1. The molecule has 35 heavy (non-hydrogen) atoms. The van der Waals surface area contributed by atoms with Crippen LogP contribution in [-0.4, -0.2) is 40.0 Å². The van der Waals surface area contributed by atoms with E-state index in [9.17, 15) is 19.5 Å². The molecule has 4 rings (SSSR count). The minimum atomic E-state index is -0.999. The van der Waals surface area contributed by atoms with Crippen molar-refractivity contribution in [2.75, 3.05) is 0 Å². The molecule has 3 heterocycles. The number of hydrogen-bond acceptors (Lipinski definition) is 5. The number of rotatable bonds is 7. The van der Waals surface area contributed by atoms with Gasteiger partial charge in [-0.2, -0.15) is 5.10 Å². The normalized spacial score (nSPS) is 10.9. The summed E-state index contributed by atoms with van der Waals surface area (Å²) in [7, 11) is 0. The molecule has 0 spiro atoms. The first kappa shape index (κ1) is 23.8. The molecule has 1 aromatic carbocycles. The number of aromatic nitrogens is 6. The fourth-order valence-electron chi connectivity index (χ4n) is 3.83. The number of benzene rings is 1. The Morgan fingerprint density at radius 2 is 1.89 bits per heavy atom. The second-order valence-electron chi connectivity index (χ2n) is 8.24. The Morgan fingerprint density at radius 3 is 2.60 bits per heavy atom. The molecular formula is C25H26N6O4. The van der Waals surface area contributed by atoms with Gasteiger partial charge in [0.25, 0.3) is 5.56 Å². The van der Waals surface area contributed by atoms with Crippen LogP contribution in [-0.2, 0) is 19.6 Å². The fraction of sp³-hybridized carbons (Fsp3) is 0.320. The number of nitrogens with zero attached hydrogens (tertiary/aromatic N) is 5. The van der Waals surface area contributed by atoms with Gasteiger partial charge in [0.15, 0.2) is 5.65 Å². The van der Waals surface area contributed by atoms with E-state index >= 15 is 0 Å². The summed E-state index contributed by atoms with van der Waals surface area (Å²) in [4.78, 5) is 44.6. The van der Waals surface area contributed by atoms with E-state index in [0.29, 0.717) is 47.6 Å². The predicted octanol–water partition coefficient (Wildman–Crippen LogP) is 2.63.